The van der Waals surface area contributed by atoms with Crippen molar-refractivity contribution in [1.29, 1.82) is 0 Å². The van der Waals surface area contributed by atoms with Gasteiger partial charge in [-0.25, -0.2) is 4.98 Å². The van der Waals surface area contributed by atoms with Crippen molar-refractivity contribution in [2.75, 3.05) is 19.7 Å². The molecule has 1 rings (SSSR count). The van der Waals surface area contributed by atoms with Gasteiger partial charge in [0.05, 0.1) is 0 Å². The van der Waals surface area contributed by atoms with Crippen LogP contribution in [0.1, 0.15) is 24.2 Å². The van der Waals surface area contributed by atoms with Gasteiger partial charge in [0, 0.05) is 18.8 Å². The van der Waals surface area contributed by atoms with Crippen LogP contribution in [0.5, 0.6) is 5.88 Å². The Kier molecular flexibility index (Phi) is 11.8. The second kappa shape index (κ2) is 11.3. The maximum absolute atomic E-state index is 12.2. The number of hydrogen-bond donors (Lipinski definition) is 2. The third-order valence-corrected chi connectivity index (χ3v) is 2.51. The van der Waals surface area contributed by atoms with E-state index in [-0.39, 0.29) is 42.3 Å². The minimum absolute atomic E-state index is 0. The molecule has 0 aromatic carbocycles. The molecule has 0 saturated heterocycles. The average Bonchev–Trinajstić information content (AvgIpc) is 2.42. The predicted octanol–water partition coefficient (Wildman–Crippen LogP) is 2.59. The van der Waals surface area contributed by atoms with E-state index in [1.54, 1.807) is 0 Å². The van der Waals surface area contributed by atoms with Crippen molar-refractivity contribution >= 4 is 30.7 Å². The van der Waals surface area contributed by atoms with Crippen molar-refractivity contribution in [3.63, 3.8) is 0 Å². The number of aromatic nitrogens is 1. The molecule has 23 heavy (non-hydrogen) atoms. The Balaban J connectivity index is 0. The fourth-order valence-electron chi connectivity index (χ4n) is 1.59. The smallest absolute Gasteiger partial charge is 0.422 e. The van der Waals surface area contributed by atoms with Gasteiger partial charge in [-0.2, -0.15) is 13.2 Å². The van der Waals surface area contributed by atoms with E-state index in [4.69, 9.17) is 0 Å². The molecule has 1 aromatic rings. The largest absolute Gasteiger partial charge is 0.467 e. The Morgan fingerprint density at radius 1 is 1.39 bits per heavy atom. The van der Waals surface area contributed by atoms with Gasteiger partial charge < -0.3 is 15.4 Å². The minimum Gasteiger partial charge on any atom is -0.467 e. The van der Waals surface area contributed by atoms with Crippen molar-refractivity contribution in [2.24, 2.45) is 0 Å². The molecule has 0 unspecified atom stereocenters. The molecule has 0 aliphatic heterocycles. The molecule has 0 aliphatic rings. The fourth-order valence-corrected chi connectivity index (χ4v) is 1.59. The highest BCUT2D eigenvalue weighted by Gasteiger charge is 2.29. The van der Waals surface area contributed by atoms with Crippen molar-refractivity contribution in [1.82, 2.24) is 15.6 Å². The van der Waals surface area contributed by atoms with E-state index in [0.717, 1.165) is 6.54 Å². The van der Waals surface area contributed by atoms with Gasteiger partial charge in [-0.1, -0.05) is 6.92 Å². The Hall–Kier alpha value is -1.25. The standard InChI is InChI=1S/C13H18F3N3O2.2ClH/c1-3-17-9(2)7-19-11(20)10-5-4-6-18-12(10)21-8-13(14,15)16;;/h4-6,9,17H,3,7-8H2,1-2H3,(H,19,20);2*1H/t9-;;/m1../s1. The highest BCUT2D eigenvalue weighted by molar-refractivity contribution is 5.96. The second-order valence-electron chi connectivity index (χ2n) is 4.43. The summed E-state index contributed by atoms with van der Waals surface area (Å²) in [4.78, 5) is 15.6. The molecule has 1 amide bonds. The van der Waals surface area contributed by atoms with Gasteiger partial charge in [-0.15, -0.1) is 24.8 Å². The quantitative estimate of drug-likeness (QED) is 0.766. The molecule has 1 heterocycles. The number of rotatable bonds is 7. The second-order valence-corrected chi connectivity index (χ2v) is 4.43. The topological polar surface area (TPSA) is 63.2 Å². The summed E-state index contributed by atoms with van der Waals surface area (Å²) < 4.78 is 41.0. The van der Waals surface area contributed by atoms with Crippen LogP contribution in [0.2, 0.25) is 0 Å². The summed E-state index contributed by atoms with van der Waals surface area (Å²) in [5.41, 5.74) is -0.0227. The van der Waals surface area contributed by atoms with Crippen LogP contribution in [0, 0.1) is 0 Å². The van der Waals surface area contributed by atoms with E-state index >= 15 is 0 Å². The van der Waals surface area contributed by atoms with E-state index in [0.29, 0.717) is 6.54 Å². The Bertz CT molecular complexity index is 476. The lowest BCUT2D eigenvalue weighted by atomic mass is 10.2. The van der Waals surface area contributed by atoms with Gasteiger partial charge in [0.2, 0.25) is 5.88 Å². The normalized spacial score (nSPS) is 11.7. The zero-order valence-corrected chi connectivity index (χ0v) is 14.3. The fraction of sp³-hybridized carbons (Fsp3) is 0.538. The lowest BCUT2D eigenvalue weighted by Crippen LogP contribution is -2.39. The van der Waals surface area contributed by atoms with E-state index in [2.05, 4.69) is 20.4 Å². The molecular weight excluding hydrogens is 358 g/mol. The van der Waals surface area contributed by atoms with Crippen LogP contribution in [0.3, 0.4) is 0 Å². The van der Waals surface area contributed by atoms with Crippen LogP contribution in [0.15, 0.2) is 18.3 Å². The summed E-state index contributed by atoms with van der Waals surface area (Å²) in [5, 5.41) is 5.72. The van der Waals surface area contributed by atoms with Crippen LogP contribution in [0.25, 0.3) is 0 Å². The van der Waals surface area contributed by atoms with Crippen molar-refractivity contribution < 1.29 is 22.7 Å². The molecule has 0 bridgehead atoms. The minimum atomic E-state index is -4.48. The molecule has 1 aromatic heterocycles. The Labute approximate surface area is 145 Å². The van der Waals surface area contributed by atoms with Gasteiger partial charge >= 0.3 is 6.18 Å². The molecule has 2 N–H and O–H groups in total. The first kappa shape index (κ1) is 24.0. The number of carbonyl (C=O) groups excluding carboxylic acids is 1. The number of likely N-dealkylation sites (N-methyl/N-ethyl adjacent to an activating group) is 1. The van der Waals surface area contributed by atoms with Crippen molar-refractivity contribution in [3.8, 4) is 5.88 Å². The number of pyridine rings is 1. The van der Waals surface area contributed by atoms with Gasteiger partial charge in [0.1, 0.15) is 5.56 Å². The van der Waals surface area contributed by atoms with Crippen LogP contribution >= 0.6 is 24.8 Å². The summed E-state index contributed by atoms with van der Waals surface area (Å²) in [7, 11) is 0. The molecule has 0 aliphatic carbocycles. The van der Waals surface area contributed by atoms with Crippen molar-refractivity contribution in [2.45, 2.75) is 26.1 Å². The van der Waals surface area contributed by atoms with E-state index < -0.39 is 18.7 Å². The van der Waals surface area contributed by atoms with Gasteiger partial charge in [0.15, 0.2) is 6.61 Å². The highest BCUT2D eigenvalue weighted by Crippen LogP contribution is 2.19. The third-order valence-electron chi connectivity index (χ3n) is 2.51. The zero-order valence-electron chi connectivity index (χ0n) is 12.6. The lowest BCUT2D eigenvalue weighted by molar-refractivity contribution is -0.154. The maximum atomic E-state index is 12.2. The Morgan fingerprint density at radius 3 is 2.61 bits per heavy atom. The van der Waals surface area contributed by atoms with E-state index in [1.807, 2.05) is 13.8 Å². The summed E-state index contributed by atoms with van der Waals surface area (Å²) in [6.07, 6.45) is -3.21. The first-order valence-electron chi connectivity index (χ1n) is 6.49. The van der Waals surface area contributed by atoms with Gasteiger partial charge in [-0.05, 0) is 25.6 Å². The number of nitrogens with one attached hydrogen (secondary N) is 2. The molecule has 134 valence electrons. The summed E-state index contributed by atoms with van der Waals surface area (Å²) >= 11 is 0. The van der Waals surface area contributed by atoms with Crippen LogP contribution in [-0.2, 0) is 0 Å². The number of amides is 1. The average molecular weight is 378 g/mol. The molecule has 10 heteroatoms. The number of alkyl halides is 3. The SMILES string of the molecule is CCN[C@H](C)CNC(=O)c1cccnc1OCC(F)(F)F.Cl.Cl. The first-order chi connectivity index (χ1) is 9.83. The van der Waals surface area contributed by atoms with Crippen LogP contribution in [0.4, 0.5) is 13.2 Å². The molecule has 5 nitrogen and oxygen atoms in total. The highest BCUT2D eigenvalue weighted by atomic mass is 35.5. The molecule has 0 spiro atoms. The number of carbonyl (C=O) groups is 1. The number of nitrogens with zero attached hydrogens (tertiary/aromatic N) is 1. The Morgan fingerprint density at radius 2 is 2.04 bits per heavy atom. The lowest BCUT2D eigenvalue weighted by Gasteiger charge is -2.15. The first-order valence-corrected chi connectivity index (χ1v) is 6.49. The summed E-state index contributed by atoms with van der Waals surface area (Å²) in [5.74, 6) is -0.853. The zero-order chi connectivity index (χ0) is 15.9. The molecule has 0 fully saturated rings. The number of halogens is 5. The van der Waals surface area contributed by atoms with Crippen molar-refractivity contribution in [3.05, 3.63) is 23.9 Å². The van der Waals surface area contributed by atoms with Crippen LogP contribution in [-0.4, -0.2) is 42.8 Å². The van der Waals surface area contributed by atoms with E-state index in [1.165, 1.54) is 18.3 Å². The van der Waals surface area contributed by atoms with Crippen LogP contribution < -0.4 is 15.4 Å². The van der Waals surface area contributed by atoms with Gasteiger partial charge in [-0.3, -0.25) is 4.79 Å². The number of ether oxygens (including phenoxy) is 1. The van der Waals surface area contributed by atoms with E-state index in [9.17, 15) is 18.0 Å². The molecular formula is C13H20Cl2F3N3O2. The molecule has 0 radical (unpaired) electrons. The monoisotopic (exact) mass is 377 g/mol. The predicted molar refractivity (Wildman–Crippen MR) is 85.8 cm³/mol. The third kappa shape index (κ3) is 9.47. The maximum Gasteiger partial charge on any atom is 0.422 e. The molecule has 0 saturated carbocycles. The van der Waals surface area contributed by atoms with Gasteiger partial charge in [0.25, 0.3) is 5.91 Å². The summed E-state index contributed by atoms with van der Waals surface area (Å²) in [6.45, 7) is 3.43. The summed E-state index contributed by atoms with van der Waals surface area (Å²) in [6, 6.07) is 2.88. The number of hydrogen-bond acceptors (Lipinski definition) is 4. The molecule has 1 atom stereocenters.